The van der Waals surface area contributed by atoms with Gasteiger partial charge >= 0.3 is 0 Å². The fraction of sp³-hybridized carbons (Fsp3) is 0.600. The average molecular weight is 284 g/mol. The van der Waals surface area contributed by atoms with E-state index in [9.17, 15) is 9.50 Å². The summed E-state index contributed by atoms with van der Waals surface area (Å²) in [4.78, 5) is 0. The number of aliphatic hydroxyl groups is 1. The maximum atomic E-state index is 13.2. The number of hydrogen-bond donors (Lipinski definition) is 2. The molecule has 2 bridgehead atoms. The Morgan fingerprint density at radius 1 is 1.47 bits per heavy atom. The van der Waals surface area contributed by atoms with Gasteiger partial charge in [0.1, 0.15) is 5.82 Å². The molecule has 0 saturated heterocycles. The van der Waals surface area contributed by atoms with Crippen molar-refractivity contribution in [1.29, 1.82) is 0 Å². The summed E-state index contributed by atoms with van der Waals surface area (Å²) < 4.78 is 13.2. The second-order valence-corrected chi connectivity index (χ2v) is 6.50. The summed E-state index contributed by atoms with van der Waals surface area (Å²) in [6.45, 7) is 0.477. The Labute approximate surface area is 117 Å². The first-order valence-electron chi connectivity index (χ1n) is 6.90. The molecule has 104 valence electrons. The predicted octanol–water partition coefficient (Wildman–Crippen LogP) is 3.28. The second-order valence-electron chi connectivity index (χ2n) is 6.09. The van der Waals surface area contributed by atoms with Gasteiger partial charge in [-0.2, -0.15) is 0 Å². The van der Waals surface area contributed by atoms with Crippen molar-refractivity contribution in [2.24, 2.45) is 23.0 Å². The van der Waals surface area contributed by atoms with Gasteiger partial charge in [-0.05, 0) is 48.8 Å². The Balaban J connectivity index is 1.93. The Morgan fingerprint density at radius 3 is 2.79 bits per heavy atom. The first kappa shape index (κ1) is 13.3. The van der Waals surface area contributed by atoms with Crippen LogP contribution in [0.1, 0.15) is 37.4 Å². The summed E-state index contributed by atoms with van der Waals surface area (Å²) in [6.07, 6.45) is 3.90. The molecule has 0 spiro atoms. The first-order chi connectivity index (χ1) is 9.06. The van der Waals surface area contributed by atoms with Gasteiger partial charge in [0.05, 0.1) is 11.1 Å². The normalized spacial score (nSPS) is 34.7. The van der Waals surface area contributed by atoms with E-state index in [1.807, 2.05) is 0 Å². The summed E-state index contributed by atoms with van der Waals surface area (Å²) in [5.74, 6) is 0.729. The van der Waals surface area contributed by atoms with Crippen LogP contribution in [-0.2, 0) is 0 Å². The van der Waals surface area contributed by atoms with Crippen molar-refractivity contribution in [3.8, 4) is 0 Å². The highest BCUT2D eigenvalue weighted by atomic mass is 35.5. The van der Waals surface area contributed by atoms with E-state index >= 15 is 0 Å². The van der Waals surface area contributed by atoms with Gasteiger partial charge in [0.25, 0.3) is 0 Å². The predicted molar refractivity (Wildman–Crippen MR) is 73.3 cm³/mol. The van der Waals surface area contributed by atoms with Gasteiger partial charge in [-0.15, -0.1) is 0 Å². The number of benzene rings is 1. The fourth-order valence-electron chi connectivity index (χ4n) is 4.20. The molecule has 4 unspecified atom stereocenters. The molecular formula is C15H19ClFNO. The van der Waals surface area contributed by atoms with Crippen LogP contribution in [0.5, 0.6) is 0 Å². The molecule has 3 N–H and O–H groups in total. The largest absolute Gasteiger partial charge is 0.388 e. The van der Waals surface area contributed by atoms with E-state index in [2.05, 4.69) is 0 Å². The van der Waals surface area contributed by atoms with Crippen LogP contribution in [0.25, 0.3) is 0 Å². The monoisotopic (exact) mass is 283 g/mol. The maximum Gasteiger partial charge on any atom is 0.141 e. The molecule has 19 heavy (non-hydrogen) atoms. The average Bonchev–Trinajstić information content (AvgIpc) is 3.02. The van der Waals surface area contributed by atoms with E-state index in [1.54, 1.807) is 6.07 Å². The van der Waals surface area contributed by atoms with Crippen molar-refractivity contribution in [3.63, 3.8) is 0 Å². The number of hydrogen-bond acceptors (Lipinski definition) is 2. The lowest BCUT2D eigenvalue weighted by Crippen LogP contribution is -2.41. The summed E-state index contributed by atoms with van der Waals surface area (Å²) in [5, 5.41) is 10.8. The van der Waals surface area contributed by atoms with Crippen molar-refractivity contribution in [2.45, 2.75) is 31.8 Å². The molecule has 0 heterocycles. The molecule has 2 fully saturated rings. The van der Waals surface area contributed by atoms with Crippen LogP contribution in [0, 0.1) is 23.1 Å². The summed E-state index contributed by atoms with van der Waals surface area (Å²) >= 11 is 5.81. The van der Waals surface area contributed by atoms with E-state index in [0.717, 1.165) is 12.8 Å². The van der Waals surface area contributed by atoms with Crippen molar-refractivity contribution in [3.05, 3.63) is 34.6 Å². The van der Waals surface area contributed by atoms with Gasteiger partial charge in [-0.25, -0.2) is 4.39 Å². The number of fused-ring (bicyclic) bond motifs is 2. The van der Waals surface area contributed by atoms with Crippen molar-refractivity contribution < 1.29 is 9.50 Å². The summed E-state index contributed by atoms with van der Waals surface area (Å²) in [7, 11) is 0. The lowest BCUT2D eigenvalue weighted by molar-refractivity contribution is -0.0130. The maximum absolute atomic E-state index is 13.2. The van der Waals surface area contributed by atoms with Crippen LogP contribution >= 0.6 is 11.6 Å². The lowest BCUT2D eigenvalue weighted by atomic mass is 9.67. The Hall–Kier alpha value is -0.640. The molecule has 2 aliphatic rings. The van der Waals surface area contributed by atoms with E-state index in [-0.39, 0.29) is 10.4 Å². The first-order valence-corrected chi connectivity index (χ1v) is 7.27. The molecule has 0 amide bonds. The van der Waals surface area contributed by atoms with E-state index in [0.29, 0.717) is 23.9 Å². The third kappa shape index (κ3) is 1.99. The number of aliphatic hydroxyl groups excluding tert-OH is 1. The molecule has 0 aromatic heterocycles. The molecular weight excluding hydrogens is 265 g/mol. The molecule has 2 saturated carbocycles. The summed E-state index contributed by atoms with van der Waals surface area (Å²) in [5.41, 5.74) is 6.43. The molecule has 0 radical (unpaired) electrons. The standard InChI is InChI=1S/C15H19ClFNO/c16-12-6-10(2-4-13(12)17)14(19)15(8-18)7-9-1-3-11(15)5-9/h2,4,6,9,11,14,19H,1,3,5,7-8,18H2. The molecule has 4 atom stereocenters. The van der Waals surface area contributed by atoms with Crippen molar-refractivity contribution in [1.82, 2.24) is 0 Å². The highest BCUT2D eigenvalue weighted by Gasteiger charge is 2.54. The SMILES string of the molecule is NCC1(C(O)c2ccc(F)c(Cl)c2)CC2CCC1C2. The molecule has 2 aliphatic carbocycles. The van der Waals surface area contributed by atoms with Crippen LogP contribution in [0.4, 0.5) is 4.39 Å². The van der Waals surface area contributed by atoms with Crippen LogP contribution in [0.3, 0.4) is 0 Å². The number of nitrogens with two attached hydrogens (primary N) is 1. The third-order valence-electron chi connectivity index (χ3n) is 5.21. The fourth-order valence-corrected chi connectivity index (χ4v) is 4.39. The van der Waals surface area contributed by atoms with Crippen LogP contribution in [0.2, 0.25) is 5.02 Å². The molecule has 1 aromatic carbocycles. The third-order valence-corrected chi connectivity index (χ3v) is 5.50. The zero-order valence-corrected chi connectivity index (χ0v) is 11.5. The van der Waals surface area contributed by atoms with Gasteiger partial charge in [-0.3, -0.25) is 0 Å². The molecule has 0 aliphatic heterocycles. The highest BCUT2D eigenvalue weighted by molar-refractivity contribution is 6.30. The van der Waals surface area contributed by atoms with E-state index < -0.39 is 11.9 Å². The van der Waals surface area contributed by atoms with E-state index in [4.69, 9.17) is 17.3 Å². The Bertz CT molecular complexity index is 495. The van der Waals surface area contributed by atoms with Gasteiger partial charge in [-0.1, -0.05) is 24.1 Å². The van der Waals surface area contributed by atoms with Crippen molar-refractivity contribution in [2.75, 3.05) is 6.54 Å². The van der Waals surface area contributed by atoms with Gasteiger partial charge in [0, 0.05) is 12.0 Å². The Morgan fingerprint density at radius 2 is 2.26 bits per heavy atom. The zero-order valence-electron chi connectivity index (χ0n) is 10.8. The van der Waals surface area contributed by atoms with Crippen LogP contribution in [0.15, 0.2) is 18.2 Å². The molecule has 2 nitrogen and oxygen atoms in total. The van der Waals surface area contributed by atoms with Crippen molar-refractivity contribution >= 4 is 11.6 Å². The minimum absolute atomic E-state index is 0.0619. The highest BCUT2D eigenvalue weighted by Crippen LogP contribution is 2.60. The van der Waals surface area contributed by atoms with Gasteiger partial charge in [0.2, 0.25) is 0 Å². The molecule has 4 heteroatoms. The van der Waals surface area contributed by atoms with Crippen LogP contribution in [-0.4, -0.2) is 11.7 Å². The number of rotatable bonds is 3. The van der Waals surface area contributed by atoms with Gasteiger partial charge < -0.3 is 10.8 Å². The molecule has 3 rings (SSSR count). The summed E-state index contributed by atoms with van der Waals surface area (Å²) in [6, 6.07) is 4.47. The lowest BCUT2D eigenvalue weighted by Gasteiger charge is -2.41. The molecule has 1 aromatic rings. The number of halogens is 2. The van der Waals surface area contributed by atoms with Crippen LogP contribution < -0.4 is 5.73 Å². The second kappa shape index (κ2) is 4.72. The zero-order chi connectivity index (χ0) is 13.6. The Kier molecular flexibility index (Phi) is 3.32. The topological polar surface area (TPSA) is 46.2 Å². The minimum Gasteiger partial charge on any atom is -0.388 e. The smallest absolute Gasteiger partial charge is 0.141 e. The quantitative estimate of drug-likeness (QED) is 0.894. The van der Waals surface area contributed by atoms with E-state index in [1.165, 1.54) is 25.0 Å². The minimum atomic E-state index is -0.647. The van der Waals surface area contributed by atoms with Gasteiger partial charge in [0.15, 0.2) is 0 Å².